The number of nitrogens with zero attached hydrogens (tertiary/aromatic N) is 2. The van der Waals surface area contributed by atoms with Crippen LogP contribution in [0.1, 0.15) is 25.8 Å². The average Bonchev–Trinajstić information content (AvgIpc) is 3.10. The van der Waals surface area contributed by atoms with Gasteiger partial charge in [-0.2, -0.15) is 4.31 Å². The molecule has 0 radical (unpaired) electrons. The minimum atomic E-state index is -3.46. The molecule has 1 aromatic carbocycles. The van der Waals surface area contributed by atoms with Crippen molar-refractivity contribution in [3.8, 4) is 0 Å². The Morgan fingerprint density at radius 1 is 1.36 bits per heavy atom. The summed E-state index contributed by atoms with van der Waals surface area (Å²) in [5.74, 6) is 0.360. The number of amides is 1. The number of halogens is 1. The number of anilines is 1. The van der Waals surface area contributed by atoms with E-state index in [-0.39, 0.29) is 24.4 Å². The number of fused-ring (bicyclic) bond motifs is 1. The van der Waals surface area contributed by atoms with Gasteiger partial charge >= 0.3 is 0 Å². The van der Waals surface area contributed by atoms with Gasteiger partial charge in [-0.05, 0) is 63.0 Å². The van der Waals surface area contributed by atoms with Gasteiger partial charge in [0.2, 0.25) is 15.9 Å². The molecule has 1 fully saturated rings. The van der Waals surface area contributed by atoms with E-state index < -0.39 is 10.0 Å². The van der Waals surface area contributed by atoms with E-state index in [4.69, 9.17) is 0 Å². The van der Waals surface area contributed by atoms with Gasteiger partial charge in [0.05, 0.1) is 4.90 Å². The highest BCUT2D eigenvalue weighted by Crippen LogP contribution is 2.35. The molecule has 2 atom stereocenters. The summed E-state index contributed by atoms with van der Waals surface area (Å²) in [5.41, 5.74) is 1.77. The van der Waals surface area contributed by atoms with Crippen molar-refractivity contribution in [3.63, 3.8) is 0 Å². The van der Waals surface area contributed by atoms with Crippen LogP contribution in [0.5, 0.6) is 0 Å². The molecule has 0 bridgehead atoms. The van der Waals surface area contributed by atoms with E-state index >= 15 is 0 Å². The lowest BCUT2D eigenvalue weighted by molar-refractivity contribution is -0.116. The predicted molar refractivity (Wildman–Crippen MR) is 101 cm³/mol. The van der Waals surface area contributed by atoms with Crippen molar-refractivity contribution in [3.05, 3.63) is 23.8 Å². The van der Waals surface area contributed by atoms with E-state index in [1.807, 2.05) is 14.0 Å². The summed E-state index contributed by atoms with van der Waals surface area (Å²) in [7, 11) is -1.58. The third kappa shape index (κ3) is 3.69. The van der Waals surface area contributed by atoms with Crippen LogP contribution in [-0.2, 0) is 21.2 Å². The molecule has 2 aliphatic rings. The lowest BCUT2D eigenvalue weighted by Crippen LogP contribution is -2.33. The van der Waals surface area contributed by atoms with E-state index in [1.54, 1.807) is 34.3 Å². The molecule has 3 rings (SSSR count). The van der Waals surface area contributed by atoms with Gasteiger partial charge in [-0.25, -0.2) is 8.42 Å². The number of hydrogen-bond donors (Lipinski definition) is 1. The number of carbonyl (C=O) groups excluding carboxylic acids is 1. The van der Waals surface area contributed by atoms with Crippen LogP contribution in [0.3, 0.4) is 0 Å². The summed E-state index contributed by atoms with van der Waals surface area (Å²) >= 11 is 0. The van der Waals surface area contributed by atoms with Crippen LogP contribution < -0.4 is 10.2 Å². The van der Waals surface area contributed by atoms with Crippen molar-refractivity contribution in [1.29, 1.82) is 0 Å². The molecule has 2 aliphatic heterocycles. The van der Waals surface area contributed by atoms with E-state index in [1.165, 1.54) is 0 Å². The van der Waals surface area contributed by atoms with Gasteiger partial charge in [0, 0.05) is 31.7 Å². The molecule has 2 heterocycles. The van der Waals surface area contributed by atoms with Crippen molar-refractivity contribution in [2.24, 2.45) is 5.92 Å². The minimum Gasteiger partial charge on any atom is -0.319 e. The van der Waals surface area contributed by atoms with Crippen molar-refractivity contribution in [2.45, 2.75) is 37.6 Å². The number of hydrogen-bond acceptors (Lipinski definition) is 4. The monoisotopic (exact) mass is 387 g/mol. The number of carbonyl (C=O) groups is 1. The maximum atomic E-state index is 12.9. The average molecular weight is 388 g/mol. The van der Waals surface area contributed by atoms with Crippen LogP contribution >= 0.6 is 12.4 Å². The molecule has 6 nitrogen and oxygen atoms in total. The van der Waals surface area contributed by atoms with Crippen LogP contribution in [0, 0.1) is 5.92 Å². The first-order valence-corrected chi connectivity index (χ1v) is 9.86. The molecule has 0 saturated carbocycles. The highest BCUT2D eigenvalue weighted by molar-refractivity contribution is 7.89. The van der Waals surface area contributed by atoms with Crippen LogP contribution in [0.15, 0.2) is 23.1 Å². The standard InChI is InChI=1S/C17H25N3O3S.ClH/c1-12-8-15-9-16(4-5-17(15)20(12)13(2)21)24(22,23)19-7-6-14(11-19)10-18-3;/h4-5,9,12,14,18H,6-8,10-11H2,1-3H3;1H. The van der Waals surface area contributed by atoms with Gasteiger partial charge in [0.15, 0.2) is 0 Å². The zero-order valence-electron chi connectivity index (χ0n) is 14.9. The molecule has 2 unspecified atom stereocenters. The van der Waals surface area contributed by atoms with E-state index in [0.717, 1.165) is 24.2 Å². The zero-order chi connectivity index (χ0) is 17.5. The molecule has 1 N–H and O–H groups in total. The highest BCUT2D eigenvalue weighted by atomic mass is 35.5. The molecular formula is C17H26ClN3O3S. The van der Waals surface area contributed by atoms with Crippen LogP contribution in [-0.4, -0.2) is 51.4 Å². The summed E-state index contributed by atoms with van der Waals surface area (Å²) in [6, 6.07) is 5.22. The van der Waals surface area contributed by atoms with Crippen LogP contribution in [0.25, 0.3) is 0 Å². The molecule has 140 valence electrons. The molecule has 1 saturated heterocycles. The number of nitrogens with one attached hydrogen (secondary N) is 1. The van der Waals surface area contributed by atoms with Gasteiger partial charge in [0.25, 0.3) is 0 Å². The van der Waals surface area contributed by atoms with Crippen molar-refractivity contribution < 1.29 is 13.2 Å². The maximum Gasteiger partial charge on any atom is 0.243 e. The van der Waals surface area contributed by atoms with Gasteiger partial charge in [-0.3, -0.25) is 4.79 Å². The van der Waals surface area contributed by atoms with E-state index in [2.05, 4.69) is 5.32 Å². The van der Waals surface area contributed by atoms with E-state index in [9.17, 15) is 13.2 Å². The summed E-state index contributed by atoms with van der Waals surface area (Å²) in [6.45, 7) is 5.50. The lowest BCUT2D eigenvalue weighted by Gasteiger charge is -2.21. The fourth-order valence-electron chi connectivity index (χ4n) is 3.87. The first kappa shape index (κ1) is 20.2. The smallest absolute Gasteiger partial charge is 0.243 e. The Kier molecular flexibility index (Phi) is 6.14. The van der Waals surface area contributed by atoms with Crippen LogP contribution in [0.4, 0.5) is 5.69 Å². The third-order valence-corrected chi connectivity index (χ3v) is 6.85. The summed E-state index contributed by atoms with van der Waals surface area (Å²) in [6.07, 6.45) is 1.58. The second kappa shape index (κ2) is 7.61. The fraction of sp³-hybridized carbons (Fsp3) is 0.588. The van der Waals surface area contributed by atoms with Crippen molar-refractivity contribution >= 4 is 34.0 Å². The second-order valence-electron chi connectivity index (χ2n) is 6.81. The maximum absolute atomic E-state index is 12.9. The normalized spacial score (nSPS) is 23.4. The molecule has 0 aliphatic carbocycles. The van der Waals surface area contributed by atoms with E-state index in [0.29, 0.717) is 30.3 Å². The Bertz CT molecular complexity index is 754. The lowest BCUT2D eigenvalue weighted by atomic mass is 10.1. The Hall–Kier alpha value is -1.15. The Balaban J connectivity index is 0.00000225. The quantitative estimate of drug-likeness (QED) is 0.852. The minimum absolute atomic E-state index is 0. The number of rotatable bonds is 4. The largest absolute Gasteiger partial charge is 0.319 e. The molecule has 25 heavy (non-hydrogen) atoms. The summed E-state index contributed by atoms with van der Waals surface area (Å²) < 4.78 is 27.4. The van der Waals surface area contributed by atoms with Crippen molar-refractivity contribution in [1.82, 2.24) is 9.62 Å². The first-order valence-electron chi connectivity index (χ1n) is 8.42. The molecular weight excluding hydrogens is 362 g/mol. The summed E-state index contributed by atoms with van der Waals surface area (Å²) in [5, 5.41) is 3.12. The molecule has 8 heteroatoms. The van der Waals surface area contributed by atoms with Gasteiger partial charge < -0.3 is 10.2 Å². The van der Waals surface area contributed by atoms with Gasteiger partial charge in [0.1, 0.15) is 0 Å². The second-order valence-corrected chi connectivity index (χ2v) is 8.75. The fourth-order valence-corrected chi connectivity index (χ4v) is 5.45. The molecule has 0 spiro atoms. The topological polar surface area (TPSA) is 69.7 Å². The Labute approximate surface area is 156 Å². The number of benzene rings is 1. The Morgan fingerprint density at radius 2 is 2.08 bits per heavy atom. The zero-order valence-corrected chi connectivity index (χ0v) is 16.5. The van der Waals surface area contributed by atoms with Crippen molar-refractivity contribution in [2.75, 3.05) is 31.6 Å². The number of sulfonamides is 1. The highest BCUT2D eigenvalue weighted by Gasteiger charge is 2.34. The van der Waals surface area contributed by atoms with Crippen LogP contribution in [0.2, 0.25) is 0 Å². The van der Waals surface area contributed by atoms with Gasteiger partial charge in [-0.15, -0.1) is 12.4 Å². The summed E-state index contributed by atoms with van der Waals surface area (Å²) in [4.78, 5) is 13.9. The molecule has 1 aromatic rings. The third-order valence-electron chi connectivity index (χ3n) is 4.99. The molecule has 0 aromatic heterocycles. The first-order chi connectivity index (χ1) is 11.3. The SMILES string of the molecule is CNCC1CCN(S(=O)(=O)c2ccc3c(c2)CC(C)N3C(C)=O)C1.Cl. The predicted octanol–water partition coefficient (Wildman–Crippen LogP) is 1.64. The Morgan fingerprint density at radius 3 is 2.72 bits per heavy atom. The molecule has 1 amide bonds. The van der Waals surface area contributed by atoms with Gasteiger partial charge in [-0.1, -0.05) is 0 Å².